The fourth-order valence-electron chi connectivity index (χ4n) is 1.80. The van der Waals surface area contributed by atoms with Gasteiger partial charge in [0.25, 0.3) is 0 Å². The first-order chi connectivity index (χ1) is 10.1. The summed E-state index contributed by atoms with van der Waals surface area (Å²) in [5.41, 5.74) is 0.830. The van der Waals surface area contributed by atoms with Crippen molar-refractivity contribution >= 4 is 0 Å². The molecule has 4 nitrogen and oxygen atoms in total. The number of hydrogen-bond donors (Lipinski definition) is 1. The minimum Gasteiger partial charge on any atom is -0.497 e. The van der Waals surface area contributed by atoms with E-state index in [0.717, 1.165) is 6.07 Å². The Morgan fingerprint density at radius 1 is 1.29 bits per heavy atom. The molecule has 0 unspecified atom stereocenters. The molecule has 0 amide bonds. The van der Waals surface area contributed by atoms with E-state index in [9.17, 15) is 9.50 Å². The molecule has 2 aromatic rings. The average Bonchev–Trinajstić information content (AvgIpc) is 2.53. The van der Waals surface area contributed by atoms with Crippen molar-refractivity contribution in [2.24, 2.45) is 0 Å². The van der Waals surface area contributed by atoms with Crippen molar-refractivity contribution in [2.75, 3.05) is 13.7 Å². The lowest BCUT2D eigenvalue weighted by Gasteiger charge is -2.14. The van der Waals surface area contributed by atoms with Gasteiger partial charge in [-0.3, -0.25) is 0 Å². The number of nitriles is 1. The summed E-state index contributed by atoms with van der Waals surface area (Å²) in [5.74, 6) is -0.0149. The monoisotopic (exact) mass is 287 g/mol. The zero-order valence-corrected chi connectivity index (χ0v) is 11.4. The molecule has 1 N–H and O–H groups in total. The van der Waals surface area contributed by atoms with Gasteiger partial charge in [-0.15, -0.1) is 0 Å². The van der Waals surface area contributed by atoms with Crippen LogP contribution in [0.5, 0.6) is 11.5 Å². The van der Waals surface area contributed by atoms with Gasteiger partial charge in [0.1, 0.15) is 18.5 Å². The third-order valence-corrected chi connectivity index (χ3v) is 2.94. The van der Waals surface area contributed by atoms with E-state index < -0.39 is 11.9 Å². The van der Waals surface area contributed by atoms with Crippen LogP contribution in [0.15, 0.2) is 42.5 Å². The molecule has 108 valence electrons. The van der Waals surface area contributed by atoms with Crippen LogP contribution in [0.1, 0.15) is 17.2 Å². The molecule has 0 fully saturated rings. The highest BCUT2D eigenvalue weighted by Gasteiger charge is 2.11. The van der Waals surface area contributed by atoms with Crippen molar-refractivity contribution in [3.05, 3.63) is 59.4 Å². The first-order valence-electron chi connectivity index (χ1n) is 6.28. The molecule has 0 aliphatic carbocycles. The SMILES string of the molecule is COc1cccc([C@@H](O)COc2ccc(C#N)cc2F)c1. The minimum absolute atomic E-state index is 0.00375. The Morgan fingerprint density at radius 3 is 2.76 bits per heavy atom. The summed E-state index contributed by atoms with van der Waals surface area (Å²) in [5, 5.41) is 18.7. The Bertz CT molecular complexity index is 667. The van der Waals surface area contributed by atoms with Gasteiger partial charge in [-0.2, -0.15) is 5.26 Å². The second-order valence-electron chi connectivity index (χ2n) is 4.36. The van der Waals surface area contributed by atoms with Gasteiger partial charge < -0.3 is 14.6 Å². The molecule has 0 saturated carbocycles. The van der Waals surface area contributed by atoms with Crippen molar-refractivity contribution < 1.29 is 19.0 Å². The van der Waals surface area contributed by atoms with Gasteiger partial charge in [-0.25, -0.2) is 4.39 Å². The normalized spacial score (nSPS) is 11.5. The molecule has 2 aromatic carbocycles. The molecule has 1 atom stereocenters. The molecule has 0 heterocycles. The van der Waals surface area contributed by atoms with E-state index in [0.29, 0.717) is 11.3 Å². The maximum absolute atomic E-state index is 13.6. The summed E-state index contributed by atoms with van der Waals surface area (Å²) < 4.78 is 24.0. The van der Waals surface area contributed by atoms with Crippen molar-refractivity contribution in [2.45, 2.75) is 6.10 Å². The van der Waals surface area contributed by atoms with Gasteiger partial charge in [-0.1, -0.05) is 12.1 Å². The topological polar surface area (TPSA) is 62.5 Å². The van der Waals surface area contributed by atoms with Crippen LogP contribution >= 0.6 is 0 Å². The van der Waals surface area contributed by atoms with E-state index in [1.165, 1.54) is 19.2 Å². The van der Waals surface area contributed by atoms with Crippen LogP contribution in [-0.2, 0) is 0 Å². The predicted octanol–water partition coefficient (Wildman–Crippen LogP) is 2.82. The second-order valence-corrected chi connectivity index (χ2v) is 4.36. The third kappa shape index (κ3) is 3.71. The molecule has 0 aromatic heterocycles. The summed E-state index contributed by atoms with van der Waals surface area (Å²) in [6.07, 6.45) is -0.907. The molecule has 0 saturated heterocycles. The van der Waals surface area contributed by atoms with E-state index in [-0.39, 0.29) is 17.9 Å². The first kappa shape index (κ1) is 14.8. The third-order valence-electron chi connectivity index (χ3n) is 2.94. The zero-order chi connectivity index (χ0) is 15.2. The van der Waals surface area contributed by atoms with Gasteiger partial charge in [0.05, 0.1) is 18.7 Å². The minimum atomic E-state index is -0.907. The van der Waals surface area contributed by atoms with E-state index in [1.807, 2.05) is 6.07 Å². The number of benzene rings is 2. The lowest BCUT2D eigenvalue weighted by Crippen LogP contribution is -2.10. The van der Waals surface area contributed by atoms with E-state index in [4.69, 9.17) is 14.7 Å². The summed E-state index contributed by atoms with van der Waals surface area (Å²) in [7, 11) is 1.54. The average molecular weight is 287 g/mol. The molecule has 5 heteroatoms. The van der Waals surface area contributed by atoms with Gasteiger partial charge in [-0.05, 0) is 35.9 Å². The summed E-state index contributed by atoms with van der Waals surface area (Å²) in [6, 6.07) is 12.7. The molecular formula is C16H14FNO3. The number of ether oxygens (including phenoxy) is 2. The van der Waals surface area contributed by atoms with Crippen molar-refractivity contribution in [1.29, 1.82) is 5.26 Å². The highest BCUT2D eigenvalue weighted by Crippen LogP contribution is 2.22. The fourth-order valence-corrected chi connectivity index (χ4v) is 1.80. The van der Waals surface area contributed by atoms with Crippen LogP contribution in [0.25, 0.3) is 0 Å². The first-order valence-corrected chi connectivity index (χ1v) is 6.28. The number of aliphatic hydroxyl groups excluding tert-OH is 1. The quantitative estimate of drug-likeness (QED) is 0.918. The van der Waals surface area contributed by atoms with Crippen LogP contribution in [-0.4, -0.2) is 18.8 Å². The Morgan fingerprint density at radius 2 is 2.10 bits per heavy atom. The smallest absolute Gasteiger partial charge is 0.166 e. The number of hydrogen-bond acceptors (Lipinski definition) is 4. The Hall–Kier alpha value is -2.58. The number of nitrogens with zero attached hydrogens (tertiary/aromatic N) is 1. The standard InChI is InChI=1S/C16H14FNO3/c1-20-13-4-2-3-12(8-13)15(19)10-21-16-6-5-11(9-18)7-14(16)17/h2-8,15,19H,10H2,1H3/t15-/m0/s1. The molecule has 0 bridgehead atoms. The van der Waals surface area contributed by atoms with E-state index in [2.05, 4.69) is 0 Å². The second kappa shape index (κ2) is 6.73. The summed E-state index contributed by atoms with van der Waals surface area (Å²) >= 11 is 0. The van der Waals surface area contributed by atoms with Gasteiger partial charge in [0.2, 0.25) is 0 Å². The summed E-state index contributed by atoms with van der Waals surface area (Å²) in [6.45, 7) is -0.101. The van der Waals surface area contributed by atoms with Gasteiger partial charge in [0, 0.05) is 0 Å². The van der Waals surface area contributed by atoms with Crippen LogP contribution in [0.3, 0.4) is 0 Å². The van der Waals surface area contributed by atoms with Gasteiger partial charge >= 0.3 is 0 Å². The van der Waals surface area contributed by atoms with Crippen molar-refractivity contribution in [3.8, 4) is 17.6 Å². The highest BCUT2D eigenvalue weighted by atomic mass is 19.1. The fraction of sp³-hybridized carbons (Fsp3) is 0.188. The predicted molar refractivity (Wildman–Crippen MR) is 74.6 cm³/mol. The molecule has 0 aliphatic rings. The van der Waals surface area contributed by atoms with E-state index in [1.54, 1.807) is 24.3 Å². The zero-order valence-electron chi connectivity index (χ0n) is 11.4. The van der Waals surface area contributed by atoms with Crippen LogP contribution in [0.2, 0.25) is 0 Å². The molecule has 2 rings (SSSR count). The molecular weight excluding hydrogens is 273 g/mol. The van der Waals surface area contributed by atoms with Crippen LogP contribution in [0, 0.1) is 17.1 Å². The molecule has 0 aliphatic heterocycles. The molecule has 21 heavy (non-hydrogen) atoms. The largest absolute Gasteiger partial charge is 0.497 e. The lowest BCUT2D eigenvalue weighted by atomic mass is 10.1. The lowest BCUT2D eigenvalue weighted by molar-refractivity contribution is 0.105. The number of methoxy groups -OCH3 is 1. The van der Waals surface area contributed by atoms with Crippen LogP contribution < -0.4 is 9.47 Å². The number of rotatable bonds is 5. The Labute approximate surface area is 122 Å². The Balaban J connectivity index is 2.04. The molecule has 0 radical (unpaired) electrons. The van der Waals surface area contributed by atoms with Crippen molar-refractivity contribution in [1.82, 2.24) is 0 Å². The maximum Gasteiger partial charge on any atom is 0.166 e. The van der Waals surface area contributed by atoms with E-state index >= 15 is 0 Å². The van der Waals surface area contributed by atoms with Gasteiger partial charge in [0.15, 0.2) is 11.6 Å². The number of aliphatic hydroxyl groups is 1. The molecule has 0 spiro atoms. The highest BCUT2D eigenvalue weighted by molar-refractivity contribution is 5.36. The number of halogens is 1. The Kier molecular flexibility index (Phi) is 4.75. The van der Waals surface area contributed by atoms with Crippen LogP contribution in [0.4, 0.5) is 4.39 Å². The van der Waals surface area contributed by atoms with Crippen molar-refractivity contribution in [3.63, 3.8) is 0 Å². The maximum atomic E-state index is 13.6. The summed E-state index contributed by atoms with van der Waals surface area (Å²) in [4.78, 5) is 0.